The van der Waals surface area contributed by atoms with E-state index in [1.807, 2.05) is 0 Å². The molecule has 0 radical (unpaired) electrons. The fourth-order valence-electron chi connectivity index (χ4n) is 2.23. The van der Waals surface area contributed by atoms with Gasteiger partial charge in [-0.25, -0.2) is 0 Å². The Hall–Kier alpha value is -0.280. The second-order valence-electron chi connectivity index (χ2n) is 4.19. The molecule has 0 aromatic heterocycles. The highest BCUT2D eigenvalue weighted by molar-refractivity contribution is 7.87. The summed E-state index contributed by atoms with van der Waals surface area (Å²) >= 11 is 4.93. The average molecular weight is 279 g/mol. The number of nitrogens with zero attached hydrogens (tertiary/aromatic N) is 2. The van der Waals surface area contributed by atoms with Crippen LogP contribution in [0.3, 0.4) is 0 Å². The summed E-state index contributed by atoms with van der Waals surface area (Å²) in [4.78, 5) is 0.263. The molecule has 2 saturated heterocycles. The molecule has 98 valence electrons. The molecule has 8 heteroatoms. The maximum atomic E-state index is 12.4. The van der Waals surface area contributed by atoms with E-state index in [1.54, 1.807) is 0 Å². The summed E-state index contributed by atoms with van der Waals surface area (Å²) in [5, 5.41) is 0. The first-order valence-corrected chi connectivity index (χ1v) is 7.48. The van der Waals surface area contributed by atoms with E-state index < -0.39 is 10.2 Å². The van der Waals surface area contributed by atoms with Gasteiger partial charge in [-0.05, 0) is 12.8 Å². The topological polar surface area (TPSA) is 75.9 Å². The Morgan fingerprint density at radius 2 is 1.94 bits per heavy atom. The largest absolute Gasteiger partial charge is 0.392 e. The van der Waals surface area contributed by atoms with Crippen molar-refractivity contribution in [3.63, 3.8) is 0 Å². The van der Waals surface area contributed by atoms with Gasteiger partial charge in [0.15, 0.2) is 0 Å². The lowest BCUT2D eigenvalue weighted by Gasteiger charge is -2.32. The minimum absolute atomic E-state index is 0.263. The Morgan fingerprint density at radius 3 is 2.53 bits per heavy atom. The molecule has 2 fully saturated rings. The Bertz CT molecular complexity index is 392. The third kappa shape index (κ3) is 2.60. The van der Waals surface area contributed by atoms with Crippen molar-refractivity contribution in [3.05, 3.63) is 0 Å². The van der Waals surface area contributed by atoms with Crippen LogP contribution in [0.5, 0.6) is 0 Å². The molecule has 1 atom stereocenters. The standard InChI is InChI=1S/C9H17N3O3S2/c10-9(16)8-2-1-3-12(8)17(13,14)11-4-6-15-7-5-11/h8H,1-7H2,(H2,10,16). The molecular formula is C9H17N3O3S2. The van der Waals surface area contributed by atoms with Crippen LogP contribution in [0.1, 0.15) is 12.8 Å². The lowest BCUT2D eigenvalue weighted by atomic mass is 10.2. The highest BCUT2D eigenvalue weighted by atomic mass is 32.2. The van der Waals surface area contributed by atoms with Gasteiger partial charge in [-0.2, -0.15) is 17.0 Å². The SMILES string of the molecule is NC(=S)C1CCCN1S(=O)(=O)N1CCOCC1. The number of thiocarbonyl (C=S) groups is 1. The molecule has 0 aliphatic carbocycles. The summed E-state index contributed by atoms with van der Waals surface area (Å²) in [6, 6.07) is -0.321. The van der Waals surface area contributed by atoms with Crippen LogP contribution in [0.15, 0.2) is 0 Å². The van der Waals surface area contributed by atoms with E-state index in [0.29, 0.717) is 32.8 Å². The predicted octanol–water partition coefficient (Wildman–Crippen LogP) is -0.686. The minimum Gasteiger partial charge on any atom is -0.392 e. The Kier molecular flexibility index (Phi) is 3.99. The van der Waals surface area contributed by atoms with Gasteiger partial charge in [0.1, 0.15) is 0 Å². The monoisotopic (exact) mass is 279 g/mol. The highest BCUT2D eigenvalue weighted by Crippen LogP contribution is 2.24. The van der Waals surface area contributed by atoms with Crippen LogP contribution in [0, 0.1) is 0 Å². The molecule has 2 N–H and O–H groups in total. The van der Waals surface area contributed by atoms with Gasteiger partial charge >= 0.3 is 0 Å². The molecule has 2 heterocycles. The second kappa shape index (κ2) is 5.15. The Balaban J connectivity index is 2.16. The number of hydrogen-bond acceptors (Lipinski definition) is 4. The van der Waals surface area contributed by atoms with Gasteiger partial charge in [-0.1, -0.05) is 12.2 Å². The average Bonchev–Trinajstić information content (AvgIpc) is 2.80. The number of hydrogen-bond donors (Lipinski definition) is 1. The molecule has 1 unspecified atom stereocenters. The van der Waals surface area contributed by atoms with Crippen LogP contribution in [-0.4, -0.2) is 60.9 Å². The third-order valence-corrected chi connectivity index (χ3v) is 5.44. The van der Waals surface area contributed by atoms with Crippen LogP contribution in [0.2, 0.25) is 0 Å². The quantitative estimate of drug-likeness (QED) is 0.692. The first-order chi connectivity index (χ1) is 8.03. The van der Waals surface area contributed by atoms with Crippen LogP contribution >= 0.6 is 12.2 Å². The molecule has 2 rings (SSSR count). The summed E-state index contributed by atoms with van der Waals surface area (Å²) in [5.74, 6) is 0. The van der Waals surface area contributed by atoms with Gasteiger partial charge in [0.05, 0.1) is 24.2 Å². The van der Waals surface area contributed by atoms with Gasteiger partial charge in [-0.15, -0.1) is 0 Å². The zero-order valence-electron chi connectivity index (χ0n) is 9.54. The van der Waals surface area contributed by atoms with Crippen molar-refractivity contribution in [3.8, 4) is 0 Å². The van der Waals surface area contributed by atoms with Crippen LogP contribution in [-0.2, 0) is 14.9 Å². The molecule has 0 spiro atoms. The van der Waals surface area contributed by atoms with E-state index in [0.717, 1.165) is 12.8 Å². The van der Waals surface area contributed by atoms with Gasteiger partial charge in [0, 0.05) is 19.6 Å². The van der Waals surface area contributed by atoms with Crippen LogP contribution in [0.25, 0.3) is 0 Å². The van der Waals surface area contributed by atoms with Crippen LogP contribution < -0.4 is 5.73 Å². The first-order valence-electron chi connectivity index (χ1n) is 5.67. The Morgan fingerprint density at radius 1 is 1.29 bits per heavy atom. The van der Waals surface area contributed by atoms with Crippen molar-refractivity contribution in [2.24, 2.45) is 5.73 Å². The zero-order chi connectivity index (χ0) is 12.5. The van der Waals surface area contributed by atoms with E-state index in [4.69, 9.17) is 22.7 Å². The maximum absolute atomic E-state index is 12.4. The molecule has 0 amide bonds. The fourth-order valence-corrected chi connectivity index (χ4v) is 4.35. The van der Waals surface area contributed by atoms with E-state index in [1.165, 1.54) is 8.61 Å². The van der Waals surface area contributed by atoms with Gasteiger partial charge in [0.25, 0.3) is 10.2 Å². The molecule has 0 bridgehead atoms. The zero-order valence-corrected chi connectivity index (χ0v) is 11.2. The number of ether oxygens (including phenoxy) is 1. The summed E-state index contributed by atoms with van der Waals surface area (Å²) in [5.41, 5.74) is 5.60. The minimum atomic E-state index is -3.44. The highest BCUT2D eigenvalue weighted by Gasteiger charge is 2.39. The van der Waals surface area contributed by atoms with E-state index in [-0.39, 0.29) is 11.0 Å². The second-order valence-corrected chi connectivity index (χ2v) is 6.54. The lowest BCUT2D eigenvalue weighted by molar-refractivity contribution is 0.0703. The number of morpholine rings is 1. The molecule has 2 aliphatic heterocycles. The molecule has 6 nitrogen and oxygen atoms in total. The van der Waals surface area contributed by atoms with Gasteiger partial charge in [-0.3, -0.25) is 0 Å². The van der Waals surface area contributed by atoms with Gasteiger partial charge < -0.3 is 10.5 Å². The summed E-state index contributed by atoms with van der Waals surface area (Å²) in [6.07, 6.45) is 1.53. The molecule has 0 aromatic carbocycles. The predicted molar refractivity (Wildman–Crippen MR) is 67.8 cm³/mol. The molecule has 0 aromatic rings. The van der Waals surface area contributed by atoms with Gasteiger partial charge in [0.2, 0.25) is 0 Å². The van der Waals surface area contributed by atoms with Crippen LogP contribution in [0.4, 0.5) is 0 Å². The van der Waals surface area contributed by atoms with E-state index in [2.05, 4.69) is 0 Å². The molecule has 17 heavy (non-hydrogen) atoms. The molecule has 0 saturated carbocycles. The fraction of sp³-hybridized carbons (Fsp3) is 0.889. The normalized spacial score (nSPS) is 28.4. The van der Waals surface area contributed by atoms with Crippen molar-refractivity contribution in [2.75, 3.05) is 32.8 Å². The third-order valence-electron chi connectivity index (χ3n) is 3.12. The maximum Gasteiger partial charge on any atom is 0.282 e. The van der Waals surface area contributed by atoms with E-state index >= 15 is 0 Å². The van der Waals surface area contributed by atoms with Crippen molar-refractivity contribution < 1.29 is 13.2 Å². The smallest absolute Gasteiger partial charge is 0.282 e. The molecular weight excluding hydrogens is 262 g/mol. The number of nitrogens with two attached hydrogens (primary N) is 1. The lowest BCUT2D eigenvalue weighted by Crippen LogP contribution is -2.52. The number of rotatable bonds is 3. The summed E-state index contributed by atoms with van der Waals surface area (Å²) < 4.78 is 32.8. The first kappa shape index (κ1) is 13.2. The summed E-state index contributed by atoms with van der Waals surface area (Å²) in [6.45, 7) is 2.21. The van der Waals surface area contributed by atoms with Crippen molar-refractivity contribution in [2.45, 2.75) is 18.9 Å². The molecule has 2 aliphatic rings. The Labute approximate surface area is 107 Å². The van der Waals surface area contributed by atoms with Crippen molar-refractivity contribution >= 4 is 27.4 Å². The van der Waals surface area contributed by atoms with Crippen molar-refractivity contribution in [1.29, 1.82) is 0 Å². The van der Waals surface area contributed by atoms with E-state index in [9.17, 15) is 8.42 Å². The van der Waals surface area contributed by atoms with Crippen molar-refractivity contribution in [1.82, 2.24) is 8.61 Å². The summed E-state index contributed by atoms with van der Waals surface area (Å²) in [7, 11) is -3.44.